The molecule has 0 rings (SSSR count). The molecule has 0 fully saturated rings. The third-order valence-corrected chi connectivity index (χ3v) is 4.29. The van der Waals surface area contributed by atoms with Gasteiger partial charge >= 0.3 is 0 Å². The Morgan fingerprint density at radius 1 is 0.789 bits per heavy atom. The lowest BCUT2D eigenvalue weighted by molar-refractivity contribution is 0.106. The average Bonchev–Trinajstić information content (AvgIpc) is 2.12. The fourth-order valence-corrected chi connectivity index (χ4v) is 4.20. The van der Waals surface area contributed by atoms with Crippen molar-refractivity contribution in [2.24, 2.45) is 0 Å². The number of nitriles is 2. The normalized spacial score (nSPS) is 15.4. The molecule has 0 aromatic rings. The molecule has 0 N–H and O–H groups in total. The molecule has 0 aromatic heterocycles. The molecule has 0 aliphatic carbocycles. The predicted molar refractivity (Wildman–Crippen MR) is 81.5 cm³/mol. The highest BCUT2D eigenvalue weighted by Crippen LogP contribution is 2.20. The van der Waals surface area contributed by atoms with E-state index in [1.165, 1.54) is 0 Å². The van der Waals surface area contributed by atoms with E-state index < -0.39 is 16.6 Å². The van der Waals surface area contributed by atoms with E-state index in [4.69, 9.17) is 19.4 Å². The summed E-state index contributed by atoms with van der Waals surface area (Å²) in [4.78, 5) is 0. The van der Waals surface area contributed by atoms with Crippen LogP contribution < -0.4 is 0 Å². The van der Waals surface area contributed by atoms with Gasteiger partial charge in [0, 0.05) is 0 Å². The number of hydrogen-bond donors (Lipinski definition) is 0. The fourth-order valence-electron chi connectivity index (χ4n) is 1.84. The molecule has 19 heavy (non-hydrogen) atoms. The summed E-state index contributed by atoms with van der Waals surface area (Å²) in [5.74, 6) is 0. The SMILES string of the molecule is C[Si](C)(C)OC(CC#N)CC(CC#N)O[Si](C)(C)C. The lowest BCUT2D eigenvalue weighted by atomic mass is 10.1. The Bertz CT molecular complexity index is 314. The zero-order valence-corrected chi connectivity index (χ0v) is 15.0. The molecule has 0 amide bonds. The molecule has 0 radical (unpaired) electrons. The lowest BCUT2D eigenvalue weighted by Crippen LogP contribution is -2.38. The molecule has 4 nitrogen and oxygen atoms in total. The molecule has 108 valence electrons. The van der Waals surface area contributed by atoms with Crippen molar-refractivity contribution in [2.75, 3.05) is 0 Å². The summed E-state index contributed by atoms with van der Waals surface area (Å²) in [6.07, 6.45) is 1.12. The minimum atomic E-state index is -1.68. The monoisotopic (exact) mass is 298 g/mol. The molecule has 0 spiro atoms. The molecular formula is C13H26N2O2Si2. The van der Waals surface area contributed by atoms with Crippen LogP contribution in [-0.2, 0) is 8.85 Å². The molecule has 0 bridgehead atoms. The van der Waals surface area contributed by atoms with Crippen LogP contribution in [-0.4, -0.2) is 28.8 Å². The van der Waals surface area contributed by atoms with Crippen molar-refractivity contribution in [1.82, 2.24) is 0 Å². The summed E-state index contributed by atoms with van der Waals surface area (Å²) in [6, 6.07) is 4.34. The Morgan fingerprint density at radius 2 is 1.11 bits per heavy atom. The van der Waals surface area contributed by atoms with Crippen molar-refractivity contribution in [3.63, 3.8) is 0 Å². The van der Waals surface area contributed by atoms with E-state index in [-0.39, 0.29) is 12.2 Å². The molecule has 0 heterocycles. The van der Waals surface area contributed by atoms with Crippen molar-refractivity contribution in [3.8, 4) is 12.1 Å². The van der Waals surface area contributed by atoms with E-state index in [0.717, 1.165) is 0 Å². The van der Waals surface area contributed by atoms with Gasteiger partial charge in [0.1, 0.15) is 0 Å². The Labute approximate surface area is 119 Å². The van der Waals surface area contributed by atoms with Gasteiger partial charge in [0.15, 0.2) is 16.6 Å². The first-order chi connectivity index (χ1) is 8.57. The van der Waals surface area contributed by atoms with Gasteiger partial charge in [-0.05, 0) is 45.7 Å². The molecule has 0 saturated carbocycles. The lowest BCUT2D eigenvalue weighted by Gasteiger charge is -2.30. The van der Waals surface area contributed by atoms with Crippen molar-refractivity contribution < 1.29 is 8.85 Å². The predicted octanol–water partition coefficient (Wildman–Crippen LogP) is 3.64. The van der Waals surface area contributed by atoms with Crippen LogP contribution in [0.3, 0.4) is 0 Å². The van der Waals surface area contributed by atoms with Crippen LogP contribution in [0.5, 0.6) is 0 Å². The van der Waals surface area contributed by atoms with Crippen LogP contribution in [0.4, 0.5) is 0 Å². The highest BCUT2D eigenvalue weighted by Gasteiger charge is 2.27. The van der Waals surface area contributed by atoms with Crippen molar-refractivity contribution in [2.45, 2.75) is 70.8 Å². The maximum atomic E-state index is 8.90. The van der Waals surface area contributed by atoms with Gasteiger partial charge in [-0.3, -0.25) is 0 Å². The summed E-state index contributed by atoms with van der Waals surface area (Å²) in [5.41, 5.74) is 0. The van der Waals surface area contributed by atoms with Gasteiger partial charge in [0.05, 0.1) is 37.2 Å². The minimum absolute atomic E-state index is 0.119. The van der Waals surface area contributed by atoms with E-state index in [1.54, 1.807) is 0 Å². The zero-order valence-electron chi connectivity index (χ0n) is 13.0. The summed E-state index contributed by atoms with van der Waals surface area (Å²) in [7, 11) is -3.37. The summed E-state index contributed by atoms with van der Waals surface area (Å²) >= 11 is 0. The van der Waals surface area contributed by atoms with E-state index >= 15 is 0 Å². The van der Waals surface area contributed by atoms with Crippen LogP contribution in [0.25, 0.3) is 0 Å². The van der Waals surface area contributed by atoms with Crippen molar-refractivity contribution in [3.05, 3.63) is 0 Å². The first-order valence-electron chi connectivity index (χ1n) is 6.67. The van der Waals surface area contributed by atoms with Crippen LogP contribution in [0.1, 0.15) is 19.3 Å². The molecule has 2 atom stereocenters. The second kappa shape index (κ2) is 7.81. The topological polar surface area (TPSA) is 66.0 Å². The second-order valence-corrected chi connectivity index (χ2v) is 15.6. The zero-order chi connectivity index (χ0) is 15.1. The second-order valence-electron chi connectivity index (χ2n) is 6.66. The van der Waals surface area contributed by atoms with Crippen LogP contribution in [0.2, 0.25) is 39.3 Å². The van der Waals surface area contributed by atoms with Crippen molar-refractivity contribution in [1.29, 1.82) is 10.5 Å². The van der Waals surface area contributed by atoms with Crippen LogP contribution in [0, 0.1) is 22.7 Å². The van der Waals surface area contributed by atoms with Crippen molar-refractivity contribution >= 4 is 16.6 Å². The minimum Gasteiger partial charge on any atom is -0.414 e. The maximum absolute atomic E-state index is 8.90. The quantitative estimate of drug-likeness (QED) is 0.642. The standard InChI is InChI=1S/C13H26N2O2Si2/c1-18(2,3)16-12(7-9-14)11-13(8-10-15)17-19(4,5)6/h12-13H,7-8,11H2,1-6H3. The van der Waals surface area contributed by atoms with Gasteiger partial charge in [-0.2, -0.15) is 10.5 Å². The summed E-state index contributed by atoms with van der Waals surface area (Å²) < 4.78 is 12.0. The Balaban J connectivity index is 4.67. The highest BCUT2D eigenvalue weighted by molar-refractivity contribution is 6.70. The first-order valence-corrected chi connectivity index (χ1v) is 13.5. The molecule has 2 unspecified atom stereocenters. The third-order valence-electron chi connectivity index (χ3n) is 2.20. The smallest absolute Gasteiger partial charge is 0.184 e. The van der Waals surface area contributed by atoms with Crippen LogP contribution in [0.15, 0.2) is 0 Å². The molecule has 0 aliphatic rings. The van der Waals surface area contributed by atoms with E-state index in [1.807, 2.05) is 0 Å². The Kier molecular flexibility index (Phi) is 7.54. The molecule has 0 aliphatic heterocycles. The Morgan fingerprint density at radius 3 is 1.32 bits per heavy atom. The average molecular weight is 299 g/mol. The number of nitrogens with zero attached hydrogens (tertiary/aromatic N) is 2. The number of rotatable bonds is 8. The van der Waals surface area contributed by atoms with Gasteiger partial charge in [0.25, 0.3) is 0 Å². The number of hydrogen-bond acceptors (Lipinski definition) is 4. The Hall–Kier alpha value is -0.666. The van der Waals surface area contributed by atoms with Gasteiger partial charge in [-0.25, -0.2) is 0 Å². The summed E-state index contributed by atoms with van der Waals surface area (Å²) in [6.45, 7) is 12.6. The third kappa shape index (κ3) is 10.9. The van der Waals surface area contributed by atoms with Gasteiger partial charge < -0.3 is 8.85 Å². The fraction of sp³-hybridized carbons (Fsp3) is 0.846. The molecule has 6 heteroatoms. The molecule has 0 saturated heterocycles. The first kappa shape index (κ1) is 18.3. The van der Waals surface area contributed by atoms with E-state index in [2.05, 4.69) is 51.4 Å². The van der Waals surface area contributed by atoms with E-state index in [0.29, 0.717) is 19.3 Å². The van der Waals surface area contributed by atoms with Gasteiger partial charge in [-0.1, -0.05) is 0 Å². The largest absolute Gasteiger partial charge is 0.414 e. The molecule has 0 aromatic carbocycles. The van der Waals surface area contributed by atoms with E-state index in [9.17, 15) is 0 Å². The summed E-state index contributed by atoms with van der Waals surface area (Å²) in [5, 5.41) is 17.8. The maximum Gasteiger partial charge on any atom is 0.184 e. The van der Waals surface area contributed by atoms with Gasteiger partial charge in [-0.15, -0.1) is 0 Å². The molecular weight excluding hydrogens is 272 g/mol. The highest BCUT2D eigenvalue weighted by atomic mass is 28.4. The van der Waals surface area contributed by atoms with Crippen LogP contribution >= 0.6 is 0 Å². The van der Waals surface area contributed by atoms with Gasteiger partial charge in [0.2, 0.25) is 0 Å².